The largest absolute Gasteiger partial charge is 0.497 e. The van der Waals surface area contributed by atoms with Gasteiger partial charge in [0.1, 0.15) is 10.8 Å². The maximum Gasteiger partial charge on any atom is 0.329 e. The van der Waals surface area contributed by atoms with E-state index in [2.05, 4.69) is 20.1 Å². The van der Waals surface area contributed by atoms with Crippen molar-refractivity contribution in [3.63, 3.8) is 0 Å². The van der Waals surface area contributed by atoms with Crippen LogP contribution in [0.3, 0.4) is 0 Å². The van der Waals surface area contributed by atoms with Crippen LogP contribution in [-0.4, -0.2) is 57.2 Å². The molecule has 4 rings (SSSR count). The van der Waals surface area contributed by atoms with E-state index in [1.807, 2.05) is 24.3 Å². The first-order valence-electron chi connectivity index (χ1n) is 9.18. The molecule has 2 aromatic rings. The number of hydrogen-bond acceptors (Lipinski definition) is 7. The van der Waals surface area contributed by atoms with Crippen molar-refractivity contribution < 1.29 is 19.4 Å². The van der Waals surface area contributed by atoms with E-state index in [0.29, 0.717) is 16.6 Å². The van der Waals surface area contributed by atoms with Gasteiger partial charge in [-0.3, -0.25) is 4.79 Å². The number of nitrogens with zero attached hydrogens (tertiary/aromatic N) is 5. The second-order valence-electron chi connectivity index (χ2n) is 6.58. The molecule has 2 aliphatic heterocycles. The maximum atomic E-state index is 12.1. The Morgan fingerprint density at radius 1 is 1.17 bits per heavy atom. The Hall–Kier alpha value is -3.14. The van der Waals surface area contributed by atoms with Gasteiger partial charge in [0.2, 0.25) is 0 Å². The average Bonchev–Trinajstić information content (AvgIpc) is 3.32. The molecule has 1 aromatic carbocycles. The number of aromatic nitrogens is 3. The molecule has 0 bridgehead atoms. The van der Waals surface area contributed by atoms with Gasteiger partial charge in [-0.15, -0.1) is 15.0 Å². The third kappa shape index (κ3) is 4.02. The van der Waals surface area contributed by atoms with Crippen molar-refractivity contribution in [2.45, 2.75) is 19.3 Å². The lowest BCUT2D eigenvalue weighted by Crippen LogP contribution is -2.30. The summed E-state index contributed by atoms with van der Waals surface area (Å²) >= 11 is 1.01. The minimum atomic E-state index is -1.18. The lowest BCUT2D eigenvalue weighted by atomic mass is 10.1. The number of aliphatic imine (C=N–C) groups is 1. The van der Waals surface area contributed by atoms with Crippen LogP contribution in [0.25, 0.3) is 5.69 Å². The molecule has 10 heteroatoms. The molecule has 0 radical (unpaired) electrons. The molecule has 0 saturated carbocycles. The SMILES string of the molecule is COc1ccc(-n2nc(C3=NC(=O)C(=CC(=O)O)S3)c(N3CCCCC3)n2)cc1. The smallest absolute Gasteiger partial charge is 0.329 e. The van der Waals surface area contributed by atoms with Crippen LogP contribution < -0.4 is 9.64 Å². The molecule has 3 heterocycles. The van der Waals surface area contributed by atoms with Crippen LogP contribution >= 0.6 is 11.8 Å². The van der Waals surface area contributed by atoms with Gasteiger partial charge < -0.3 is 14.7 Å². The summed E-state index contributed by atoms with van der Waals surface area (Å²) in [6, 6.07) is 7.32. The first-order valence-corrected chi connectivity index (χ1v) is 9.99. The van der Waals surface area contributed by atoms with Gasteiger partial charge >= 0.3 is 5.97 Å². The molecule has 0 spiro atoms. The molecule has 0 atom stereocenters. The number of carboxylic acid groups (broad SMARTS) is 1. The number of benzene rings is 1. The number of hydrogen-bond donors (Lipinski definition) is 1. The highest BCUT2D eigenvalue weighted by Crippen LogP contribution is 2.33. The van der Waals surface area contributed by atoms with Crippen molar-refractivity contribution in [2.24, 2.45) is 4.99 Å². The summed E-state index contributed by atoms with van der Waals surface area (Å²) in [5.41, 5.74) is 1.22. The normalized spacial score (nSPS) is 18.2. The molecule has 1 amide bonds. The van der Waals surface area contributed by atoms with E-state index in [4.69, 9.17) is 9.84 Å². The van der Waals surface area contributed by atoms with Gasteiger partial charge in [-0.2, -0.15) is 4.99 Å². The Labute approximate surface area is 171 Å². The second-order valence-corrected chi connectivity index (χ2v) is 7.61. The van der Waals surface area contributed by atoms with Crippen LogP contribution in [0.1, 0.15) is 25.0 Å². The van der Waals surface area contributed by atoms with E-state index in [0.717, 1.165) is 61.6 Å². The molecular weight excluding hydrogens is 394 g/mol. The Morgan fingerprint density at radius 3 is 2.55 bits per heavy atom. The predicted molar refractivity (Wildman–Crippen MR) is 109 cm³/mol. The summed E-state index contributed by atoms with van der Waals surface area (Å²) in [5, 5.41) is 18.6. The third-order valence-electron chi connectivity index (χ3n) is 4.63. The molecule has 0 aliphatic carbocycles. The first-order chi connectivity index (χ1) is 14.0. The standard InChI is InChI=1S/C19H19N5O4S/c1-28-13-7-5-12(6-8-13)24-21-16(17(22-24)23-9-3-2-4-10-23)19-20-18(27)14(29-19)11-15(25)26/h5-8,11H,2-4,9-10H2,1H3,(H,25,26). The van der Waals surface area contributed by atoms with Gasteiger partial charge in [0.25, 0.3) is 5.91 Å². The lowest BCUT2D eigenvalue weighted by molar-refractivity contribution is -0.131. The van der Waals surface area contributed by atoms with Crippen LogP contribution in [0, 0.1) is 0 Å². The van der Waals surface area contributed by atoms with Crippen LogP contribution in [-0.2, 0) is 9.59 Å². The fourth-order valence-corrected chi connectivity index (χ4v) is 4.07. The summed E-state index contributed by atoms with van der Waals surface area (Å²) < 4.78 is 5.19. The topological polar surface area (TPSA) is 110 Å². The van der Waals surface area contributed by atoms with Gasteiger partial charge in [0.15, 0.2) is 11.5 Å². The molecule has 1 N–H and O–H groups in total. The highest BCUT2D eigenvalue weighted by molar-refractivity contribution is 8.19. The van der Waals surface area contributed by atoms with Crippen molar-refractivity contribution in [3.8, 4) is 11.4 Å². The van der Waals surface area contributed by atoms with E-state index < -0.39 is 11.9 Å². The summed E-state index contributed by atoms with van der Waals surface area (Å²) in [4.78, 5) is 30.8. The van der Waals surface area contributed by atoms with Gasteiger partial charge in [0.05, 0.1) is 17.7 Å². The fourth-order valence-electron chi connectivity index (χ4n) is 3.21. The van der Waals surface area contributed by atoms with E-state index in [9.17, 15) is 9.59 Å². The molecule has 1 saturated heterocycles. The quantitative estimate of drug-likeness (QED) is 0.744. The number of aliphatic carboxylic acids is 1. The van der Waals surface area contributed by atoms with Crippen molar-refractivity contribution in [3.05, 3.63) is 40.9 Å². The minimum absolute atomic E-state index is 0.0658. The van der Waals surface area contributed by atoms with Crippen LogP contribution in [0.5, 0.6) is 5.75 Å². The number of carbonyl (C=O) groups is 2. The molecule has 2 aliphatic rings. The van der Waals surface area contributed by atoms with Crippen molar-refractivity contribution in [2.75, 3.05) is 25.1 Å². The zero-order chi connectivity index (χ0) is 20.4. The molecule has 1 fully saturated rings. The lowest BCUT2D eigenvalue weighted by Gasteiger charge is -2.26. The van der Waals surface area contributed by atoms with Gasteiger partial charge in [-0.05, 0) is 43.5 Å². The average molecular weight is 413 g/mol. The number of carbonyl (C=O) groups excluding carboxylic acids is 1. The highest BCUT2D eigenvalue weighted by Gasteiger charge is 2.31. The molecular formula is C19H19N5O4S. The van der Waals surface area contributed by atoms with E-state index in [1.54, 1.807) is 7.11 Å². The molecule has 150 valence electrons. The van der Waals surface area contributed by atoms with E-state index >= 15 is 0 Å². The number of ether oxygens (including phenoxy) is 1. The minimum Gasteiger partial charge on any atom is -0.497 e. The number of methoxy groups -OCH3 is 1. The van der Waals surface area contributed by atoms with Crippen LogP contribution in [0.4, 0.5) is 5.82 Å². The van der Waals surface area contributed by atoms with Crippen molar-refractivity contribution >= 4 is 34.5 Å². The van der Waals surface area contributed by atoms with E-state index in [1.165, 1.54) is 4.80 Å². The van der Waals surface area contributed by atoms with Gasteiger partial charge in [0, 0.05) is 19.2 Å². The summed E-state index contributed by atoms with van der Waals surface area (Å²) in [7, 11) is 1.60. The number of carboxylic acids is 1. The van der Waals surface area contributed by atoms with E-state index in [-0.39, 0.29) is 4.91 Å². The fraction of sp³-hybridized carbons (Fsp3) is 0.316. The van der Waals surface area contributed by atoms with Crippen LogP contribution in [0.15, 0.2) is 40.2 Å². The molecule has 9 nitrogen and oxygen atoms in total. The summed E-state index contributed by atoms with van der Waals surface area (Å²) in [5.74, 6) is -0.385. The Bertz CT molecular complexity index is 1010. The van der Waals surface area contributed by atoms with Gasteiger partial charge in [-0.1, -0.05) is 11.8 Å². The number of piperidine rings is 1. The monoisotopic (exact) mass is 413 g/mol. The first kappa shape index (κ1) is 19.2. The maximum absolute atomic E-state index is 12.1. The van der Waals surface area contributed by atoms with Crippen molar-refractivity contribution in [1.29, 1.82) is 0 Å². The molecule has 1 aromatic heterocycles. The number of amides is 1. The van der Waals surface area contributed by atoms with Gasteiger partial charge in [-0.25, -0.2) is 4.79 Å². The molecule has 0 unspecified atom stereocenters. The Kier molecular flexibility index (Phi) is 5.34. The zero-order valence-electron chi connectivity index (χ0n) is 15.7. The molecule has 29 heavy (non-hydrogen) atoms. The Morgan fingerprint density at radius 2 is 1.90 bits per heavy atom. The van der Waals surface area contributed by atoms with Crippen LogP contribution in [0.2, 0.25) is 0 Å². The highest BCUT2D eigenvalue weighted by atomic mass is 32.2. The van der Waals surface area contributed by atoms with Crippen molar-refractivity contribution in [1.82, 2.24) is 15.0 Å². The summed E-state index contributed by atoms with van der Waals surface area (Å²) in [6.45, 7) is 1.69. The number of anilines is 1. The third-order valence-corrected chi connectivity index (χ3v) is 5.62. The zero-order valence-corrected chi connectivity index (χ0v) is 16.6. The predicted octanol–water partition coefficient (Wildman–Crippen LogP) is 2.25. The summed E-state index contributed by atoms with van der Waals surface area (Å²) in [6.07, 6.45) is 4.14. The number of thioether (sulfide) groups is 1. The second kappa shape index (κ2) is 8.08. The Balaban J connectivity index is 1.73. The number of rotatable bonds is 5.